The summed E-state index contributed by atoms with van der Waals surface area (Å²) in [6.45, 7) is 2.89. The minimum atomic E-state index is 0.529. The predicted octanol–water partition coefficient (Wildman–Crippen LogP) is 3.07. The van der Waals surface area contributed by atoms with E-state index in [0.29, 0.717) is 5.41 Å². The molecule has 2 rings (SSSR count). The van der Waals surface area contributed by atoms with Crippen LogP contribution in [0.25, 0.3) is 0 Å². The third-order valence-electron chi connectivity index (χ3n) is 3.17. The van der Waals surface area contributed by atoms with Gasteiger partial charge in [-0.05, 0) is 52.1 Å². The van der Waals surface area contributed by atoms with E-state index in [2.05, 4.69) is 32.7 Å². The molecule has 1 aliphatic carbocycles. The zero-order chi connectivity index (χ0) is 11.4. The third-order valence-corrected chi connectivity index (χ3v) is 5.09. The largest absolute Gasteiger partial charge is 0.383 e. The Bertz CT molecular complexity index is 336. The highest BCUT2D eigenvalue weighted by atomic mass is 79.9. The zero-order valence-electron chi connectivity index (χ0n) is 9.59. The van der Waals surface area contributed by atoms with Crippen molar-refractivity contribution in [2.75, 3.05) is 26.8 Å². The summed E-state index contributed by atoms with van der Waals surface area (Å²) < 4.78 is 6.31. The molecule has 1 aromatic rings. The molecule has 1 fully saturated rings. The van der Waals surface area contributed by atoms with E-state index in [1.807, 2.05) is 11.3 Å². The first kappa shape index (κ1) is 12.6. The predicted molar refractivity (Wildman–Crippen MR) is 72.1 cm³/mol. The molecular formula is C12H18BrNOS. The molecule has 0 bridgehead atoms. The summed E-state index contributed by atoms with van der Waals surface area (Å²) in [6, 6.07) is 2.15. The Kier molecular flexibility index (Phi) is 4.41. The van der Waals surface area contributed by atoms with Gasteiger partial charge in [0, 0.05) is 29.5 Å². The molecule has 0 atom stereocenters. The number of ether oxygens (including phenoxy) is 1. The van der Waals surface area contributed by atoms with E-state index >= 15 is 0 Å². The number of nitrogens with one attached hydrogen (secondary N) is 1. The van der Waals surface area contributed by atoms with Gasteiger partial charge in [-0.3, -0.25) is 0 Å². The maximum Gasteiger partial charge on any atom is 0.0587 e. The average molecular weight is 304 g/mol. The van der Waals surface area contributed by atoms with Crippen LogP contribution in [0.2, 0.25) is 0 Å². The molecule has 16 heavy (non-hydrogen) atoms. The molecular weight excluding hydrogens is 286 g/mol. The van der Waals surface area contributed by atoms with Crippen molar-refractivity contribution >= 4 is 27.3 Å². The summed E-state index contributed by atoms with van der Waals surface area (Å²) in [6.07, 6.45) is 3.93. The number of thiophene rings is 1. The van der Waals surface area contributed by atoms with Crippen LogP contribution in [0.15, 0.2) is 15.9 Å². The molecule has 0 spiro atoms. The summed E-state index contributed by atoms with van der Waals surface area (Å²) >= 11 is 5.47. The zero-order valence-corrected chi connectivity index (χ0v) is 12.0. The Balaban J connectivity index is 1.78. The Morgan fingerprint density at radius 1 is 1.56 bits per heavy atom. The Labute approximate surface area is 110 Å². The first-order valence-corrected chi connectivity index (χ1v) is 7.35. The molecule has 0 unspecified atom stereocenters. The third kappa shape index (κ3) is 3.29. The molecule has 0 amide bonds. The van der Waals surface area contributed by atoms with Crippen molar-refractivity contribution in [3.63, 3.8) is 0 Å². The molecule has 1 heterocycles. The van der Waals surface area contributed by atoms with Crippen LogP contribution in [0.5, 0.6) is 0 Å². The molecule has 1 aliphatic rings. The van der Waals surface area contributed by atoms with Gasteiger partial charge in [-0.25, -0.2) is 0 Å². The quantitative estimate of drug-likeness (QED) is 0.782. The number of hydrogen-bond acceptors (Lipinski definition) is 3. The first-order valence-electron chi connectivity index (χ1n) is 5.67. The van der Waals surface area contributed by atoms with Crippen molar-refractivity contribution in [3.8, 4) is 0 Å². The fraction of sp³-hybridized carbons (Fsp3) is 0.667. The smallest absolute Gasteiger partial charge is 0.0587 e. The van der Waals surface area contributed by atoms with Crippen molar-refractivity contribution in [2.24, 2.45) is 5.41 Å². The molecule has 0 radical (unpaired) electrons. The molecule has 2 nitrogen and oxygen atoms in total. The highest BCUT2D eigenvalue weighted by Gasteiger charge is 2.42. The minimum Gasteiger partial charge on any atom is -0.383 e. The Morgan fingerprint density at radius 3 is 2.94 bits per heavy atom. The van der Waals surface area contributed by atoms with Gasteiger partial charge in [-0.2, -0.15) is 0 Å². The van der Waals surface area contributed by atoms with Gasteiger partial charge < -0.3 is 10.1 Å². The summed E-state index contributed by atoms with van der Waals surface area (Å²) in [5.41, 5.74) is 0.529. The molecule has 0 aliphatic heterocycles. The van der Waals surface area contributed by atoms with E-state index in [-0.39, 0.29) is 0 Å². The summed E-state index contributed by atoms with van der Waals surface area (Å²) in [5.74, 6) is 0. The SMILES string of the molecule is COCCNCC1(Cc2sccc2Br)CC1. The molecule has 0 aromatic carbocycles. The van der Waals surface area contributed by atoms with Gasteiger partial charge in [0.15, 0.2) is 0 Å². The lowest BCUT2D eigenvalue weighted by Gasteiger charge is -2.15. The first-order chi connectivity index (χ1) is 7.76. The number of rotatable bonds is 7. The van der Waals surface area contributed by atoms with Gasteiger partial charge in [0.1, 0.15) is 0 Å². The average Bonchev–Trinajstić information content (AvgIpc) is 2.93. The van der Waals surface area contributed by atoms with Crippen molar-refractivity contribution < 1.29 is 4.74 Å². The molecule has 1 N–H and O–H groups in total. The van der Waals surface area contributed by atoms with Crippen molar-refractivity contribution in [1.82, 2.24) is 5.32 Å². The fourth-order valence-corrected chi connectivity index (χ4v) is 3.58. The van der Waals surface area contributed by atoms with Crippen LogP contribution < -0.4 is 5.32 Å². The van der Waals surface area contributed by atoms with Gasteiger partial charge in [-0.15, -0.1) is 11.3 Å². The second-order valence-corrected chi connectivity index (χ2v) is 6.39. The standard InChI is InChI=1S/C12H18BrNOS/c1-15-6-5-14-9-12(3-4-12)8-11-10(13)2-7-16-11/h2,7,14H,3-6,8-9H2,1H3. The van der Waals surface area contributed by atoms with Gasteiger partial charge in [0.2, 0.25) is 0 Å². The van der Waals surface area contributed by atoms with E-state index in [1.54, 1.807) is 7.11 Å². The molecule has 4 heteroatoms. The second-order valence-electron chi connectivity index (χ2n) is 4.54. The minimum absolute atomic E-state index is 0.529. The lowest BCUT2D eigenvalue weighted by molar-refractivity contribution is 0.197. The number of halogens is 1. The Hall–Kier alpha value is 0.100. The highest BCUT2D eigenvalue weighted by molar-refractivity contribution is 9.10. The summed E-state index contributed by atoms with van der Waals surface area (Å²) in [7, 11) is 1.75. The normalized spacial score (nSPS) is 17.6. The molecule has 90 valence electrons. The van der Waals surface area contributed by atoms with E-state index in [4.69, 9.17) is 4.74 Å². The second kappa shape index (κ2) is 5.63. The lowest BCUT2D eigenvalue weighted by Crippen LogP contribution is -2.28. The van der Waals surface area contributed by atoms with Crippen LogP contribution in [-0.2, 0) is 11.2 Å². The monoisotopic (exact) mass is 303 g/mol. The van der Waals surface area contributed by atoms with Crippen LogP contribution in [0.3, 0.4) is 0 Å². The van der Waals surface area contributed by atoms with Crippen LogP contribution in [0.1, 0.15) is 17.7 Å². The Morgan fingerprint density at radius 2 is 2.38 bits per heavy atom. The number of methoxy groups -OCH3 is 1. The van der Waals surface area contributed by atoms with Crippen LogP contribution in [-0.4, -0.2) is 26.8 Å². The van der Waals surface area contributed by atoms with Gasteiger partial charge >= 0.3 is 0 Å². The van der Waals surface area contributed by atoms with Crippen molar-refractivity contribution in [2.45, 2.75) is 19.3 Å². The molecule has 0 saturated heterocycles. The van der Waals surface area contributed by atoms with Crippen LogP contribution in [0, 0.1) is 5.41 Å². The molecule has 1 saturated carbocycles. The fourth-order valence-electron chi connectivity index (χ4n) is 1.91. The number of hydrogen-bond donors (Lipinski definition) is 1. The summed E-state index contributed by atoms with van der Waals surface area (Å²) in [5, 5.41) is 5.65. The molecule has 1 aromatic heterocycles. The van der Waals surface area contributed by atoms with Gasteiger partial charge in [-0.1, -0.05) is 0 Å². The highest BCUT2D eigenvalue weighted by Crippen LogP contribution is 2.49. The van der Waals surface area contributed by atoms with E-state index < -0.39 is 0 Å². The topological polar surface area (TPSA) is 21.3 Å². The van der Waals surface area contributed by atoms with Crippen molar-refractivity contribution in [3.05, 3.63) is 20.8 Å². The lowest BCUT2D eigenvalue weighted by atomic mass is 10.0. The van der Waals surface area contributed by atoms with Gasteiger partial charge in [0.25, 0.3) is 0 Å². The maximum absolute atomic E-state index is 5.03. The van der Waals surface area contributed by atoms with Crippen molar-refractivity contribution in [1.29, 1.82) is 0 Å². The van der Waals surface area contributed by atoms with E-state index in [1.165, 1.54) is 28.6 Å². The van der Waals surface area contributed by atoms with E-state index in [9.17, 15) is 0 Å². The van der Waals surface area contributed by atoms with Crippen LogP contribution >= 0.6 is 27.3 Å². The summed E-state index contributed by atoms with van der Waals surface area (Å²) in [4.78, 5) is 1.49. The maximum atomic E-state index is 5.03. The van der Waals surface area contributed by atoms with E-state index in [0.717, 1.165) is 19.7 Å². The van der Waals surface area contributed by atoms with Gasteiger partial charge in [0.05, 0.1) is 6.61 Å². The van der Waals surface area contributed by atoms with Crippen LogP contribution in [0.4, 0.5) is 0 Å².